The number of nitro benzene ring substituents is 1. The highest BCUT2D eigenvalue weighted by atomic mass is 79.9. The van der Waals surface area contributed by atoms with Crippen LogP contribution in [0, 0.1) is 16.0 Å². The molecule has 0 aliphatic rings. The summed E-state index contributed by atoms with van der Waals surface area (Å²) in [4.78, 5) is 22.2. The average Bonchev–Trinajstić information content (AvgIpc) is 2.35. The third-order valence-corrected chi connectivity index (χ3v) is 3.23. The molecule has 1 aromatic carbocycles. The number of nitrogens with one attached hydrogen (secondary N) is 1. The molecule has 5 nitrogen and oxygen atoms in total. The molecule has 0 radical (unpaired) electrons. The Bertz CT molecular complexity index is 463. The van der Waals surface area contributed by atoms with Crippen LogP contribution < -0.4 is 5.32 Å². The Kier molecular flexibility index (Phi) is 5.95. The van der Waals surface area contributed by atoms with Crippen molar-refractivity contribution in [2.45, 2.75) is 25.1 Å². The van der Waals surface area contributed by atoms with Crippen molar-refractivity contribution >= 4 is 27.5 Å². The fraction of sp³-hybridized carbons (Fsp3) is 0.462. The number of hydrogen-bond donors (Lipinski definition) is 1. The highest BCUT2D eigenvalue weighted by Gasteiger charge is 2.13. The molecule has 19 heavy (non-hydrogen) atoms. The molecule has 1 amide bonds. The van der Waals surface area contributed by atoms with Crippen LogP contribution in [0.1, 0.15) is 30.6 Å². The van der Waals surface area contributed by atoms with Gasteiger partial charge in [0.2, 0.25) is 0 Å². The predicted molar refractivity (Wildman–Crippen MR) is 77.6 cm³/mol. The van der Waals surface area contributed by atoms with E-state index in [0.717, 1.165) is 6.42 Å². The number of rotatable bonds is 6. The summed E-state index contributed by atoms with van der Waals surface area (Å²) in [7, 11) is 0. The second-order valence-corrected chi connectivity index (χ2v) is 6.04. The molecule has 0 aliphatic carbocycles. The van der Waals surface area contributed by atoms with Gasteiger partial charge < -0.3 is 5.32 Å². The summed E-state index contributed by atoms with van der Waals surface area (Å²) >= 11 is 3.49. The Morgan fingerprint density at radius 2 is 2.16 bits per heavy atom. The smallest absolute Gasteiger partial charge is 0.270 e. The van der Waals surface area contributed by atoms with Gasteiger partial charge in [0.05, 0.1) is 4.92 Å². The second-order valence-electron chi connectivity index (χ2n) is 4.74. The van der Waals surface area contributed by atoms with E-state index in [0.29, 0.717) is 18.0 Å². The van der Waals surface area contributed by atoms with E-state index in [1.165, 1.54) is 18.2 Å². The summed E-state index contributed by atoms with van der Waals surface area (Å²) in [6, 6.07) is 5.71. The fourth-order valence-electron chi connectivity index (χ4n) is 1.66. The van der Waals surface area contributed by atoms with Crippen molar-refractivity contribution in [3.63, 3.8) is 0 Å². The van der Waals surface area contributed by atoms with Crippen molar-refractivity contribution in [2.75, 3.05) is 6.54 Å². The van der Waals surface area contributed by atoms with Crippen LogP contribution in [-0.2, 0) is 0 Å². The monoisotopic (exact) mass is 328 g/mol. The van der Waals surface area contributed by atoms with E-state index in [2.05, 4.69) is 35.1 Å². The normalized spacial score (nSPS) is 12.2. The summed E-state index contributed by atoms with van der Waals surface area (Å²) in [6.45, 7) is 4.72. The van der Waals surface area contributed by atoms with Gasteiger partial charge in [-0.2, -0.15) is 0 Å². The van der Waals surface area contributed by atoms with Crippen molar-refractivity contribution in [2.24, 2.45) is 5.92 Å². The van der Waals surface area contributed by atoms with E-state index in [1.54, 1.807) is 6.07 Å². The third-order valence-electron chi connectivity index (χ3n) is 2.53. The van der Waals surface area contributed by atoms with Crippen molar-refractivity contribution in [3.05, 3.63) is 39.9 Å². The number of non-ortho nitro benzene ring substituents is 1. The fourth-order valence-corrected chi connectivity index (χ4v) is 2.57. The van der Waals surface area contributed by atoms with Crippen LogP contribution >= 0.6 is 15.9 Å². The molecule has 0 bridgehead atoms. The van der Waals surface area contributed by atoms with E-state index in [1.807, 2.05) is 0 Å². The highest BCUT2D eigenvalue weighted by molar-refractivity contribution is 9.09. The van der Waals surface area contributed by atoms with Crippen LogP contribution in [0.2, 0.25) is 0 Å². The summed E-state index contributed by atoms with van der Waals surface area (Å²) in [5.74, 6) is 0.246. The molecule has 1 aromatic rings. The molecule has 0 saturated heterocycles. The molecule has 1 N–H and O–H groups in total. The zero-order valence-electron chi connectivity index (χ0n) is 10.9. The van der Waals surface area contributed by atoms with E-state index >= 15 is 0 Å². The maximum atomic E-state index is 11.9. The van der Waals surface area contributed by atoms with Crippen molar-refractivity contribution < 1.29 is 9.72 Å². The molecule has 6 heteroatoms. The minimum atomic E-state index is -0.511. The molecule has 0 aliphatic heterocycles. The Labute approximate surface area is 120 Å². The van der Waals surface area contributed by atoms with Crippen LogP contribution in [-0.4, -0.2) is 22.2 Å². The molecule has 1 atom stereocenters. The first-order chi connectivity index (χ1) is 8.90. The van der Waals surface area contributed by atoms with Gasteiger partial charge in [-0.25, -0.2) is 0 Å². The summed E-state index contributed by atoms with van der Waals surface area (Å²) in [5.41, 5.74) is 0.226. The zero-order chi connectivity index (χ0) is 14.4. The number of halogens is 1. The van der Waals surface area contributed by atoms with Gasteiger partial charge in [-0.3, -0.25) is 14.9 Å². The SMILES string of the molecule is CC(C)CC(Br)CNC(=O)c1cccc([N+](=O)[O-])c1. The summed E-state index contributed by atoms with van der Waals surface area (Å²) < 4.78 is 0. The van der Waals surface area contributed by atoms with Crippen LogP contribution in [0.25, 0.3) is 0 Å². The van der Waals surface area contributed by atoms with Crippen LogP contribution in [0.15, 0.2) is 24.3 Å². The van der Waals surface area contributed by atoms with E-state index in [4.69, 9.17) is 0 Å². The number of nitro groups is 1. The number of carbonyl (C=O) groups is 1. The van der Waals surface area contributed by atoms with E-state index < -0.39 is 4.92 Å². The van der Waals surface area contributed by atoms with Gasteiger partial charge in [0.1, 0.15) is 0 Å². The lowest BCUT2D eigenvalue weighted by molar-refractivity contribution is -0.384. The van der Waals surface area contributed by atoms with Crippen molar-refractivity contribution in [1.82, 2.24) is 5.32 Å². The quantitative estimate of drug-likeness (QED) is 0.495. The van der Waals surface area contributed by atoms with Gasteiger partial charge >= 0.3 is 0 Å². The van der Waals surface area contributed by atoms with Crippen LogP contribution in [0.4, 0.5) is 5.69 Å². The Balaban J connectivity index is 2.58. The Hall–Kier alpha value is -1.43. The molecule has 0 fully saturated rings. The zero-order valence-corrected chi connectivity index (χ0v) is 12.5. The first-order valence-corrected chi connectivity index (χ1v) is 6.98. The number of alkyl halides is 1. The lowest BCUT2D eigenvalue weighted by atomic mass is 10.1. The summed E-state index contributed by atoms with van der Waals surface area (Å²) in [5, 5.41) is 13.4. The number of carbonyl (C=O) groups excluding carboxylic acids is 1. The van der Waals surface area contributed by atoms with Gasteiger partial charge in [-0.05, 0) is 18.4 Å². The summed E-state index contributed by atoms with van der Waals surface area (Å²) in [6.07, 6.45) is 0.954. The molecule has 0 aromatic heterocycles. The lowest BCUT2D eigenvalue weighted by Crippen LogP contribution is -2.30. The van der Waals surface area contributed by atoms with Gasteiger partial charge in [0, 0.05) is 29.1 Å². The molecule has 0 saturated carbocycles. The number of hydrogen-bond acceptors (Lipinski definition) is 3. The topological polar surface area (TPSA) is 72.2 Å². The standard InChI is InChI=1S/C13H17BrN2O3/c1-9(2)6-11(14)8-15-13(17)10-4-3-5-12(7-10)16(18)19/h3-5,7,9,11H,6,8H2,1-2H3,(H,15,17). The van der Waals surface area contributed by atoms with Crippen molar-refractivity contribution in [1.29, 1.82) is 0 Å². The maximum Gasteiger partial charge on any atom is 0.270 e. The largest absolute Gasteiger partial charge is 0.351 e. The molecule has 1 rings (SSSR count). The molecule has 0 spiro atoms. The number of benzene rings is 1. The van der Waals surface area contributed by atoms with Gasteiger partial charge in [0.15, 0.2) is 0 Å². The molecule has 0 heterocycles. The highest BCUT2D eigenvalue weighted by Crippen LogP contribution is 2.14. The Morgan fingerprint density at radius 3 is 2.74 bits per heavy atom. The minimum Gasteiger partial charge on any atom is -0.351 e. The molecule has 1 unspecified atom stereocenters. The molecule has 104 valence electrons. The molecular weight excluding hydrogens is 312 g/mol. The van der Waals surface area contributed by atoms with Gasteiger partial charge in [0.25, 0.3) is 11.6 Å². The average molecular weight is 329 g/mol. The van der Waals surface area contributed by atoms with E-state index in [-0.39, 0.29) is 16.4 Å². The lowest BCUT2D eigenvalue weighted by Gasteiger charge is -2.13. The third kappa shape index (κ3) is 5.38. The second kappa shape index (κ2) is 7.23. The number of nitrogens with zero attached hydrogens (tertiary/aromatic N) is 1. The maximum absolute atomic E-state index is 11.9. The molecular formula is C13H17BrN2O3. The van der Waals surface area contributed by atoms with Gasteiger partial charge in [-0.15, -0.1) is 0 Å². The van der Waals surface area contributed by atoms with Crippen LogP contribution in [0.3, 0.4) is 0 Å². The Morgan fingerprint density at radius 1 is 1.47 bits per heavy atom. The predicted octanol–water partition coefficient (Wildman–Crippen LogP) is 3.13. The first kappa shape index (κ1) is 15.6. The van der Waals surface area contributed by atoms with Gasteiger partial charge in [-0.1, -0.05) is 35.8 Å². The number of amides is 1. The van der Waals surface area contributed by atoms with E-state index in [9.17, 15) is 14.9 Å². The first-order valence-electron chi connectivity index (χ1n) is 6.07. The minimum absolute atomic E-state index is 0.0785. The van der Waals surface area contributed by atoms with Crippen LogP contribution in [0.5, 0.6) is 0 Å². The van der Waals surface area contributed by atoms with Crippen molar-refractivity contribution in [3.8, 4) is 0 Å².